The highest BCUT2D eigenvalue weighted by molar-refractivity contribution is 4.73. The van der Waals surface area contributed by atoms with Gasteiger partial charge in [-0.2, -0.15) is 13.2 Å². The Morgan fingerprint density at radius 3 is 2.80 bits per heavy atom. The first-order valence-corrected chi connectivity index (χ1v) is 5.06. The van der Waals surface area contributed by atoms with Crippen molar-refractivity contribution in [3.63, 3.8) is 0 Å². The van der Waals surface area contributed by atoms with Crippen LogP contribution in [0.3, 0.4) is 0 Å². The SMILES string of the molecule is CNCC1CN(CCC(F)(F)F)CCO1. The minimum atomic E-state index is -4.06. The van der Waals surface area contributed by atoms with Gasteiger partial charge >= 0.3 is 6.18 Å². The van der Waals surface area contributed by atoms with Crippen LogP contribution in [0.5, 0.6) is 0 Å². The standard InChI is InChI=1S/C9H17F3N2O/c1-13-6-8-7-14(4-5-15-8)3-2-9(10,11)12/h8,13H,2-7H2,1H3. The van der Waals surface area contributed by atoms with E-state index in [1.807, 2.05) is 0 Å². The van der Waals surface area contributed by atoms with Crippen molar-refractivity contribution in [3.05, 3.63) is 0 Å². The van der Waals surface area contributed by atoms with Gasteiger partial charge in [-0.3, -0.25) is 4.90 Å². The predicted molar refractivity (Wildman–Crippen MR) is 50.8 cm³/mol. The number of likely N-dealkylation sites (N-methyl/N-ethyl adjacent to an activating group) is 1. The molecule has 1 rings (SSSR count). The number of nitrogens with one attached hydrogen (secondary N) is 1. The lowest BCUT2D eigenvalue weighted by Crippen LogP contribution is -2.46. The van der Waals surface area contributed by atoms with Crippen molar-refractivity contribution in [2.45, 2.75) is 18.7 Å². The lowest BCUT2D eigenvalue weighted by Gasteiger charge is -2.32. The van der Waals surface area contributed by atoms with Gasteiger partial charge in [-0.05, 0) is 7.05 Å². The lowest BCUT2D eigenvalue weighted by atomic mass is 10.2. The van der Waals surface area contributed by atoms with E-state index in [0.717, 1.165) is 0 Å². The second kappa shape index (κ2) is 5.67. The normalized spacial score (nSPS) is 24.4. The highest BCUT2D eigenvalue weighted by Crippen LogP contribution is 2.20. The molecule has 1 heterocycles. The molecule has 1 aliphatic heterocycles. The van der Waals surface area contributed by atoms with Crippen LogP contribution in [0.4, 0.5) is 13.2 Å². The quantitative estimate of drug-likeness (QED) is 0.769. The average Bonchev–Trinajstić information content (AvgIpc) is 2.15. The van der Waals surface area contributed by atoms with E-state index in [-0.39, 0.29) is 12.6 Å². The van der Waals surface area contributed by atoms with E-state index >= 15 is 0 Å². The molecule has 0 aromatic rings. The summed E-state index contributed by atoms with van der Waals surface area (Å²) in [6.07, 6.45) is -4.78. The van der Waals surface area contributed by atoms with Crippen molar-refractivity contribution in [1.29, 1.82) is 0 Å². The molecule has 3 nitrogen and oxygen atoms in total. The Morgan fingerprint density at radius 2 is 2.20 bits per heavy atom. The van der Waals surface area contributed by atoms with E-state index in [1.54, 1.807) is 11.9 Å². The summed E-state index contributed by atoms with van der Waals surface area (Å²) in [6.45, 7) is 2.45. The molecule has 1 fully saturated rings. The minimum absolute atomic E-state index is 0.0111. The Kier molecular flexibility index (Phi) is 4.82. The molecule has 0 amide bonds. The maximum Gasteiger partial charge on any atom is 0.390 e. The van der Waals surface area contributed by atoms with Crippen LogP contribution in [0.15, 0.2) is 0 Å². The van der Waals surface area contributed by atoms with Crippen LogP contribution in [0.25, 0.3) is 0 Å². The lowest BCUT2D eigenvalue weighted by molar-refractivity contribution is -0.141. The molecule has 0 bridgehead atoms. The summed E-state index contributed by atoms with van der Waals surface area (Å²) in [5, 5.41) is 2.96. The van der Waals surface area contributed by atoms with E-state index in [9.17, 15) is 13.2 Å². The third kappa shape index (κ3) is 5.34. The number of morpholine rings is 1. The van der Waals surface area contributed by atoms with Crippen molar-refractivity contribution in [2.75, 3.05) is 39.8 Å². The smallest absolute Gasteiger partial charge is 0.374 e. The number of halogens is 3. The van der Waals surface area contributed by atoms with Gasteiger partial charge in [0.05, 0.1) is 19.1 Å². The first-order valence-electron chi connectivity index (χ1n) is 5.06. The van der Waals surface area contributed by atoms with Gasteiger partial charge in [0.2, 0.25) is 0 Å². The van der Waals surface area contributed by atoms with Gasteiger partial charge in [0, 0.05) is 26.2 Å². The molecule has 1 saturated heterocycles. The number of alkyl halides is 3. The molecule has 0 spiro atoms. The number of ether oxygens (including phenoxy) is 1. The molecular weight excluding hydrogens is 209 g/mol. The number of hydrogen-bond acceptors (Lipinski definition) is 3. The summed E-state index contributed by atoms with van der Waals surface area (Å²) in [4.78, 5) is 1.80. The van der Waals surface area contributed by atoms with Crippen LogP contribution >= 0.6 is 0 Å². The monoisotopic (exact) mass is 226 g/mol. The fourth-order valence-corrected chi connectivity index (χ4v) is 1.62. The number of hydrogen-bond donors (Lipinski definition) is 1. The maximum atomic E-state index is 12.0. The fourth-order valence-electron chi connectivity index (χ4n) is 1.62. The van der Waals surface area contributed by atoms with Crippen LogP contribution in [0.2, 0.25) is 0 Å². The van der Waals surface area contributed by atoms with Gasteiger partial charge in [-0.15, -0.1) is 0 Å². The number of nitrogens with zero attached hydrogens (tertiary/aromatic N) is 1. The first-order chi connectivity index (χ1) is 7.01. The summed E-state index contributed by atoms with van der Waals surface area (Å²) in [5.74, 6) is 0. The summed E-state index contributed by atoms with van der Waals surface area (Å²) in [6, 6.07) is 0. The molecule has 1 unspecified atom stereocenters. The van der Waals surface area contributed by atoms with Crippen LogP contribution in [-0.2, 0) is 4.74 Å². The van der Waals surface area contributed by atoms with E-state index in [4.69, 9.17) is 4.74 Å². The molecular formula is C9H17F3N2O. The molecule has 1 aliphatic rings. The van der Waals surface area contributed by atoms with Crippen LogP contribution in [-0.4, -0.2) is 57.0 Å². The minimum Gasteiger partial charge on any atom is -0.374 e. The van der Waals surface area contributed by atoms with Gasteiger partial charge in [0.15, 0.2) is 0 Å². The summed E-state index contributed by atoms with van der Waals surface area (Å²) < 4.78 is 41.4. The van der Waals surface area contributed by atoms with Gasteiger partial charge in [-0.25, -0.2) is 0 Å². The zero-order chi connectivity index (χ0) is 11.3. The van der Waals surface area contributed by atoms with Gasteiger partial charge < -0.3 is 10.1 Å². The number of rotatable bonds is 4. The molecule has 0 saturated carbocycles. The molecule has 90 valence electrons. The fraction of sp³-hybridized carbons (Fsp3) is 1.00. The van der Waals surface area contributed by atoms with E-state index < -0.39 is 12.6 Å². The maximum absolute atomic E-state index is 12.0. The molecule has 1 atom stereocenters. The van der Waals surface area contributed by atoms with Crippen molar-refractivity contribution in [3.8, 4) is 0 Å². The Labute approximate surface area is 87.6 Å². The van der Waals surface area contributed by atoms with Crippen LogP contribution in [0.1, 0.15) is 6.42 Å². The Bertz CT molecular complexity index is 185. The zero-order valence-electron chi connectivity index (χ0n) is 8.81. The van der Waals surface area contributed by atoms with Crippen LogP contribution in [0, 0.1) is 0 Å². The van der Waals surface area contributed by atoms with Crippen molar-refractivity contribution in [2.24, 2.45) is 0 Å². The van der Waals surface area contributed by atoms with E-state index in [1.165, 1.54) is 0 Å². The third-order valence-electron chi connectivity index (χ3n) is 2.37. The van der Waals surface area contributed by atoms with Crippen molar-refractivity contribution < 1.29 is 17.9 Å². The van der Waals surface area contributed by atoms with Gasteiger partial charge in [-0.1, -0.05) is 0 Å². The molecule has 1 N–H and O–H groups in total. The third-order valence-corrected chi connectivity index (χ3v) is 2.37. The topological polar surface area (TPSA) is 24.5 Å². The van der Waals surface area contributed by atoms with Crippen molar-refractivity contribution in [1.82, 2.24) is 10.2 Å². The largest absolute Gasteiger partial charge is 0.390 e. The molecule has 0 aromatic carbocycles. The highest BCUT2D eigenvalue weighted by atomic mass is 19.4. The van der Waals surface area contributed by atoms with Crippen molar-refractivity contribution >= 4 is 0 Å². The predicted octanol–water partition coefficient (Wildman–Crippen LogP) is 0.859. The second-order valence-corrected chi connectivity index (χ2v) is 3.72. The van der Waals surface area contributed by atoms with Crippen LogP contribution < -0.4 is 5.32 Å². The Hall–Kier alpha value is -0.330. The molecule has 0 aliphatic carbocycles. The Balaban J connectivity index is 2.24. The molecule has 0 radical (unpaired) electrons. The van der Waals surface area contributed by atoms with E-state index in [2.05, 4.69) is 5.32 Å². The molecule has 0 aromatic heterocycles. The average molecular weight is 226 g/mol. The summed E-state index contributed by atoms with van der Waals surface area (Å²) in [7, 11) is 1.80. The first kappa shape index (κ1) is 12.7. The summed E-state index contributed by atoms with van der Waals surface area (Å²) in [5.41, 5.74) is 0. The van der Waals surface area contributed by atoms with Gasteiger partial charge in [0.1, 0.15) is 0 Å². The highest BCUT2D eigenvalue weighted by Gasteiger charge is 2.29. The van der Waals surface area contributed by atoms with E-state index in [0.29, 0.717) is 26.2 Å². The second-order valence-electron chi connectivity index (χ2n) is 3.72. The molecule has 6 heteroatoms. The Morgan fingerprint density at radius 1 is 1.47 bits per heavy atom. The summed E-state index contributed by atoms with van der Waals surface area (Å²) >= 11 is 0. The molecule has 15 heavy (non-hydrogen) atoms. The van der Waals surface area contributed by atoms with Gasteiger partial charge in [0.25, 0.3) is 0 Å². The zero-order valence-corrected chi connectivity index (χ0v) is 8.81.